The average Bonchev–Trinajstić information content (AvgIpc) is 3.65. The molecule has 1 heterocycles. The highest BCUT2D eigenvalue weighted by molar-refractivity contribution is 6.09. The normalized spacial score (nSPS) is 16.5. The average molecular weight is 447 g/mol. The van der Waals surface area contributed by atoms with Gasteiger partial charge in [-0.2, -0.15) is 0 Å². The summed E-state index contributed by atoms with van der Waals surface area (Å²) in [6.45, 7) is 0. The van der Waals surface area contributed by atoms with Gasteiger partial charge in [-0.1, -0.05) is 78.9 Å². The van der Waals surface area contributed by atoms with Crippen molar-refractivity contribution in [1.29, 1.82) is 0 Å². The Labute approximate surface area is 197 Å². The molecule has 5 nitrogen and oxygen atoms in total. The minimum absolute atomic E-state index is 0.0745. The van der Waals surface area contributed by atoms with Gasteiger partial charge in [0, 0.05) is 22.4 Å². The standard InChI is InChI=1S/C29H22N2O3/c32-27(21-12-6-2-7-13-21)26-25(20-10-4-1-5-11-20)31(26)29(34)23-16-18-24(19-17-23)30-28(33)22-14-8-3-9-15-22/h1-19,25-26H,(H,30,33)/t25-,26+,31?/m0/s1. The highest BCUT2D eigenvalue weighted by atomic mass is 16.2. The Morgan fingerprint density at radius 2 is 1.12 bits per heavy atom. The van der Waals surface area contributed by atoms with E-state index in [1.165, 1.54) is 0 Å². The largest absolute Gasteiger partial charge is 0.322 e. The number of hydrogen-bond acceptors (Lipinski definition) is 3. The molecule has 4 aromatic rings. The highest BCUT2D eigenvalue weighted by Gasteiger charge is 2.56. The van der Waals surface area contributed by atoms with Crippen LogP contribution in [0.15, 0.2) is 115 Å². The molecule has 5 heteroatoms. The minimum atomic E-state index is -0.547. The Morgan fingerprint density at radius 3 is 1.71 bits per heavy atom. The lowest BCUT2D eigenvalue weighted by Gasteiger charge is -2.08. The molecular weight excluding hydrogens is 424 g/mol. The van der Waals surface area contributed by atoms with Gasteiger partial charge in [-0.15, -0.1) is 0 Å². The van der Waals surface area contributed by atoms with E-state index in [2.05, 4.69) is 5.32 Å². The van der Waals surface area contributed by atoms with Crippen LogP contribution in [0.3, 0.4) is 0 Å². The fourth-order valence-electron chi connectivity index (χ4n) is 4.16. The summed E-state index contributed by atoms with van der Waals surface area (Å²) in [7, 11) is 0. The molecule has 1 fully saturated rings. The molecule has 0 saturated carbocycles. The van der Waals surface area contributed by atoms with Crippen molar-refractivity contribution in [2.75, 3.05) is 5.32 Å². The number of amides is 2. The topological polar surface area (TPSA) is 66.2 Å². The third-order valence-corrected chi connectivity index (χ3v) is 5.94. The third kappa shape index (κ3) is 4.24. The number of hydrogen-bond donors (Lipinski definition) is 1. The van der Waals surface area contributed by atoms with Gasteiger partial charge in [0.05, 0.1) is 6.04 Å². The predicted molar refractivity (Wildman–Crippen MR) is 131 cm³/mol. The van der Waals surface area contributed by atoms with Gasteiger partial charge in [0.2, 0.25) is 0 Å². The zero-order valence-corrected chi connectivity index (χ0v) is 18.3. The summed E-state index contributed by atoms with van der Waals surface area (Å²) in [6.07, 6.45) is 0. The summed E-state index contributed by atoms with van der Waals surface area (Å²) in [4.78, 5) is 40.6. The molecule has 5 rings (SSSR count). The van der Waals surface area contributed by atoms with Crippen molar-refractivity contribution < 1.29 is 14.4 Å². The van der Waals surface area contributed by atoms with Crippen LogP contribution in [0.25, 0.3) is 0 Å². The Hall–Kier alpha value is -4.51. The van der Waals surface area contributed by atoms with Crippen LogP contribution in [0.5, 0.6) is 0 Å². The van der Waals surface area contributed by atoms with Crippen LogP contribution in [0.2, 0.25) is 0 Å². The van der Waals surface area contributed by atoms with Gasteiger partial charge in [0.25, 0.3) is 11.8 Å². The van der Waals surface area contributed by atoms with Crippen molar-refractivity contribution in [3.8, 4) is 0 Å². The molecule has 2 amide bonds. The van der Waals surface area contributed by atoms with Crippen molar-refractivity contribution in [2.24, 2.45) is 0 Å². The van der Waals surface area contributed by atoms with Crippen LogP contribution in [0, 0.1) is 0 Å². The minimum Gasteiger partial charge on any atom is -0.322 e. The number of nitrogens with zero attached hydrogens (tertiary/aromatic N) is 1. The van der Waals surface area contributed by atoms with E-state index in [9.17, 15) is 14.4 Å². The van der Waals surface area contributed by atoms with Crippen molar-refractivity contribution in [3.05, 3.63) is 138 Å². The van der Waals surface area contributed by atoms with Crippen molar-refractivity contribution in [1.82, 2.24) is 4.90 Å². The monoisotopic (exact) mass is 446 g/mol. The smallest absolute Gasteiger partial charge is 0.255 e. The summed E-state index contributed by atoms with van der Waals surface area (Å²) < 4.78 is 0. The van der Waals surface area contributed by atoms with E-state index < -0.39 is 6.04 Å². The second-order valence-corrected chi connectivity index (χ2v) is 8.14. The van der Waals surface area contributed by atoms with E-state index in [0.29, 0.717) is 22.4 Å². The fraction of sp³-hybridized carbons (Fsp3) is 0.0690. The number of rotatable bonds is 6. The van der Waals surface area contributed by atoms with Crippen LogP contribution >= 0.6 is 0 Å². The van der Waals surface area contributed by atoms with Gasteiger partial charge in [-0.05, 0) is 42.0 Å². The number of benzene rings is 4. The summed E-state index contributed by atoms with van der Waals surface area (Å²) >= 11 is 0. The molecule has 0 unspecified atom stereocenters. The maximum atomic E-state index is 13.4. The van der Waals surface area contributed by atoms with Gasteiger partial charge in [0.15, 0.2) is 5.78 Å². The molecule has 1 N–H and O–H groups in total. The molecule has 1 saturated heterocycles. The number of nitrogens with one attached hydrogen (secondary N) is 1. The summed E-state index contributed by atoms with van der Waals surface area (Å²) in [5, 5.41) is 2.83. The molecule has 0 spiro atoms. The van der Waals surface area contributed by atoms with Crippen molar-refractivity contribution in [2.45, 2.75) is 12.1 Å². The SMILES string of the molecule is O=C(Nc1ccc(C(=O)N2[C@@H](C(=O)c3ccccc3)[C@@H]2c2ccccc2)cc1)c1ccccc1. The third-order valence-electron chi connectivity index (χ3n) is 5.94. The van der Waals surface area contributed by atoms with Crippen LogP contribution in [-0.4, -0.2) is 28.5 Å². The second kappa shape index (κ2) is 9.16. The summed E-state index contributed by atoms with van der Waals surface area (Å²) in [6, 6.07) is 33.5. The first-order chi connectivity index (χ1) is 16.6. The molecule has 0 aromatic heterocycles. The Bertz CT molecular complexity index is 1320. The lowest BCUT2D eigenvalue weighted by Crippen LogP contribution is -2.19. The quantitative estimate of drug-likeness (QED) is 0.319. The van der Waals surface area contributed by atoms with Crippen LogP contribution in [0.4, 0.5) is 5.69 Å². The van der Waals surface area contributed by atoms with E-state index in [0.717, 1.165) is 5.56 Å². The molecular formula is C29H22N2O3. The summed E-state index contributed by atoms with van der Waals surface area (Å²) in [5.41, 5.74) is 3.12. The van der Waals surface area contributed by atoms with E-state index in [-0.39, 0.29) is 23.6 Å². The zero-order valence-electron chi connectivity index (χ0n) is 18.3. The zero-order chi connectivity index (χ0) is 23.5. The lowest BCUT2D eigenvalue weighted by molar-refractivity contribution is 0.0833. The van der Waals surface area contributed by atoms with Gasteiger partial charge in [-0.3, -0.25) is 14.4 Å². The predicted octanol–water partition coefficient (Wildman–Crippen LogP) is 5.39. The van der Waals surface area contributed by atoms with E-state index >= 15 is 0 Å². The molecule has 1 aliphatic heterocycles. The van der Waals surface area contributed by atoms with Crippen molar-refractivity contribution >= 4 is 23.3 Å². The molecule has 34 heavy (non-hydrogen) atoms. The molecule has 0 bridgehead atoms. The molecule has 1 aliphatic rings. The summed E-state index contributed by atoms with van der Waals surface area (Å²) in [5.74, 6) is -0.512. The first-order valence-corrected chi connectivity index (χ1v) is 11.1. The number of ketones is 1. The molecule has 0 radical (unpaired) electrons. The van der Waals surface area contributed by atoms with Gasteiger partial charge in [0.1, 0.15) is 6.04 Å². The number of carbonyl (C=O) groups is 3. The van der Waals surface area contributed by atoms with Gasteiger partial charge in [-0.25, -0.2) is 0 Å². The van der Waals surface area contributed by atoms with E-state index in [1.54, 1.807) is 65.6 Å². The highest BCUT2D eigenvalue weighted by Crippen LogP contribution is 2.45. The van der Waals surface area contributed by atoms with Crippen molar-refractivity contribution in [3.63, 3.8) is 0 Å². The molecule has 4 aromatic carbocycles. The van der Waals surface area contributed by atoms with Crippen LogP contribution in [-0.2, 0) is 0 Å². The molecule has 0 aliphatic carbocycles. The second-order valence-electron chi connectivity index (χ2n) is 8.14. The number of carbonyl (C=O) groups excluding carboxylic acids is 3. The molecule has 2 atom stereocenters. The Morgan fingerprint density at radius 1 is 0.588 bits per heavy atom. The first-order valence-electron chi connectivity index (χ1n) is 11.1. The number of Topliss-reactive ketones (excluding diaryl/α,β-unsaturated/α-hetero) is 1. The van der Waals surface area contributed by atoms with E-state index in [4.69, 9.17) is 0 Å². The van der Waals surface area contributed by atoms with Crippen LogP contribution in [0.1, 0.15) is 42.7 Å². The van der Waals surface area contributed by atoms with Crippen LogP contribution < -0.4 is 5.32 Å². The Balaban J connectivity index is 1.35. The van der Waals surface area contributed by atoms with Gasteiger partial charge >= 0.3 is 0 Å². The lowest BCUT2D eigenvalue weighted by atomic mass is 10.0. The maximum Gasteiger partial charge on any atom is 0.255 e. The first kappa shape index (κ1) is 21.3. The number of anilines is 1. The maximum absolute atomic E-state index is 13.4. The fourth-order valence-corrected chi connectivity index (χ4v) is 4.16. The Kier molecular flexibility index (Phi) is 5.75. The molecule has 166 valence electrons. The van der Waals surface area contributed by atoms with E-state index in [1.807, 2.05) is 54.6 Å². The van der Waals surface area contributed by atoms with Gasteiger partial charge < -0.3 is 10.2 Å².